The fourth-order valence-electron chi connectivity index (χ4n) is 0.750. The van der Waals surface area contributed by atoms with Crippen LogP contribution in [-0.2, 0) is 0 Å². The van der Waals surface area contributed by atoms with Crippen LogP contribution in [-0.4, -0.2) is 15.8 Å². The van der Waals surface area contributed by atoms with Crippen LogP contribution in [0.2, 0.25) is 0 Å². The van der Waals surface area contributed by atoms with E-state index >= 15 is 0 Å². The predicted molar refractivity (Wildman–Crippen MR) is 42.2 cm³/mol. The Balaban J connectivity index is 3.47. The highest BCUT2D eigenvalue weighted by Crippen LogP contribution is 2.05. The van der Waals surface area contributed by atoms with Crippen molar-refractivity contribution in [3.8, 4) is 0 Å². The van der Waals surface area contributed by atoms with E-state index in [2.05, 4.69) is 0 Å². The molecule has 0 aromatic carbocycles. The number of carbonyl (C=O) groups is 1. The van der Waals surface area contributed by atoms with Gasteiger partial charge < -0.3 is 16.7 Å². The van der Waals surface area contributed by atoms with E-state index in [0.717, 1.165) is 12.1 Å². The zero-order valence-corrected chi connectivity index (χ0v) is 6.02. The van der Waals surface area contributed by atoms with Crippen LogP contribution in [0.1, 0.15) is 10.4 Å². The standard InChI is InChI=1S/C6H7N3O3/c7-5-3(6(11)12)1-2-4(10)9(5)8/h1-2H,7-8H2,(H,11,12). The lowest BCUT2D eigenvalue weighted by atomic mass is 10.2. The molecule has 0 saturated carbocycles. The van der Waals surface area contributed by atoms with Gasteiger partial charge in [0.2, 0.25) is 0 Å². The third-order valence-electron chi connectivity index (χ3n) is 1.40. The van der Waals surface area contributed by atoms with Crippen molar-refractivity contribution in [2.75, 3.05) is 11.6 Å². The van der Waals surface area contributed by atoms with Crippen LogP contribution >= 0.6 is 0 Å². The molecule has 0 fully saturated rings. The van der Waals surface area contributed by atoms with Gasteiger partial charge in [0.05, 0.1) is 0 Å². The molecule has 6 nitrogen and oxygen atoms in total. The zero-order valence-electron chi connectivity index (χ0n) is 6.02. The Morgan fingerprint density at radius 1 is 1.50 bits per heavy atom. The number of rotatable bonds is 1. The van der Waals surface area contributed by atoms with Gasteiger partial charge in [0, 0.05) is 6.07 Å². The quantitative estimate of drug-likeness (QED) is 0.459. The molecule has 64 valence electrons. The number of hydrogen-bond donors (Lipinski definition) is 3. The molecule has 0 amide bonds. The Morgan fingerprint density at radius 3 is 2.58 bits per heavy atom. The summed E-state index contributed by atoms with van der Waals surface area (Å²) in [5, 5.41) is 8.53. The number of nitrogen functional groups attached to an aromatic ring is 2. The van der Waals surface area contributed by atoms with E-state index < -0.39 is 11.5 Å². The maximum atomic E-state index is 10.8. The van der Waals surface area contributed by atoms with Crippen LogP contribution in [0.4, 0.5) is 5.82 Å². The van der Waals surface area contributed by atoms with E-state index in [1.165, 1.54) is 0 Å². The molecule has 1 aromatic heterocycles. The molecule has 1 aromatic rings. The third kappa shape index (κ3) is 1.09. The largest absolute Gasteiger partial charge is 0.478 e. The second kappa shape index (κ2) is 2.57. The summed E-state index contributed by atoms with van der Waals surface area (Å²) in [5.74, 6) is 3.67. The van der Waals surface area contributed by atoms with Crippen molar-refractivity contribution in [1.82, 2.24) is 4.68 Å². The minimum absolute atomic E-state index is 0.183. The van der Waals surface area contributed by atoms with Crippen molar-refractivity contribution in [1.29, 1.82) is 0 Å². The summed E-state index contributed by atoms with van der Waals surface area (Å²) in [6, 6.07) is 2.16. The maximum Gasteiger partial charge on any atom is 0.339 e. The van der Waals surface area contributed by atoms with Gasteiger partial charge in [-0.25, -0.2) is 9.47 Å². The first-order valence-electron chi connectivity index (χ1n) is 3.04. The molecule has 0 unspecified atom stereocenters. The third-order valence-corrected chi connectivity index (χ3v) is 1.40. The summed E-state index contributed by atoms with van der Waals surface area (Å²) < 4.78 is 0.587. The highest BCUT2D eigenvalue weighted by atomic mass is 16.4. The molecule has 0 bridgehead atoms. The molecule has 6 heteroatoms. The number of carboxylic acid groups (broad SMARTS) is 1. The number of nitrogens with two attached hydrogens (primary N) is 2. The zero-order chi connectivity index (χ0) is 9.30. The Hall–Kier alpha value is -1.98. The summed E-state index contributed by atoms with van der Waals surface area (Å²) in [5.41, 5.74) is 4.51. The molecule has 1 rings (SSSR count). The van der Waals surface area contributed by atoms with Gasteiger partial charge in [0.15, 0.2) is 0 Å². The van der Waals surface area contributed by atoms with Gasteiger partial charge in [-0.2, -0.15) is 0 Å². The number of aromatic nitrogens is 1. The van der Waals surface area contributed by atoms with Gasteiger partial charge in [-0.15, -0.1) is 0 Å². The average Bonchev–Trinajstić information content (AvgIpc) is 2.00. The van der Waals surface area contributed by atoms with E-state index in [4.69, 9.17) is 16.7 Å². The van der Waals surface area contributed by atoms with Crippen LogP contribution in [0, 0.1) is 0 Å². The van der Waals surface area contributed by atoms with Gasteiger partial charge in [0.25, 0.3) is 5.56 Å². The van der Waals surface area contributed by atoms with Gasteiger partial charge >= 0.3 is 5.97 Å². The topological polar surface area (TPSA) is 111 Å². The second-order valence-corrected chi connectivity index (χ2v) is 2.15. The van der Waals surface area contributed by atoms with E-state index in [-0.39, 0.29) is 11.4 Å². The smallest absolute Gasteiger partial charge is 0.339 e. The summed E-state index contributed by atoms with van der Waals surface area (Å²) in [6.07, 6.45) is 0. The van der Waals surface area contributed by atoms with Gasteiger partial charge in [0.1, 0.15) is 11.4 Å². The number of pyridine rings is 1. The number of carboxylic acids is 1. The van der Waals surface area contributed by atoms with E-state index in [9.17, 15) is 9.59 Å². The highest BCUT2D eigenvalue weighted by molar-refractivity contribution is 5.92. The second-order valence-electron chi connectivity index (χ2n) is 2.15. The van der Waals surface area contributed by atoms with Crippen molar-refractivity contribution in [3.63, 3.8) is 0 Å². The molecule has 0 atom stereocenters. The molecule has 0 aliphatic heterocycles. The number of aromatic carboxylic acids is 1. The molecular weight excluding hydrogens is 162 g/mol. The van der Waals surface area contributed by atoms with Crippen LogP contribution in [0.5, 0.6) is 0 Å². The fourth-order valence-corrected chi connectivity index (χ4v) is 0.750. The summed E-state index contributed by atoms with van der Waals surface area (Å²) in [6.45, 7) is 0. The van der Waals surface area contributed by atoms with Gasteiger partial charge in [-0.1, -0.05) is 0 Å². The van der Waals surface area contributed by atoms with Gasteiger partial charge in [-0.05, 0) is 6.07 Å². The summed E-state index contributed by atoms with van der Waals surface area (Å²) in [7, 11) is 0. The van der Waals surface area contributed by atoms with Crippen LogP contribution in [0.25, 0.3) is 0 Å². The minimum Gasteiger partial charge on any atom is -0.478 e. The lowest BCUT2D eigenvalue weighted by molar-refractivity contribution is 0.0697. The number of nitrogens with zero attached hydrogens (tertiary/aromatic N) is 1. The van der Waals surface area contributed by atoms with Gasteiger partial charge in [-0.3, -0.25) is 4.79 Å². The average molecular weight is 169 g/mol. The van der Waals surface area contributed by atoms with Crippen molar-refractivity contribution in [2.45, 2.75) is 0 Å². The summed E-state index contributed by atoms with van der Waals surface area (Å²) >= 11 is 0. The lowest BCUT2D eigenvalue weighted by Crippen LogP contribution is -2.30. The Bertz CT molecular complexity index is 382. The molecule has 0 spiro atoms. The van der Waals surface area contributed by atoms with Crippen molar-refractivity contribution < 1.29 is 9.90 Å². The lowest BCUT2D eigenvalue weighted by Gasteiger charge is -2.04. The van der Waals surface area contributed by atoms with Crippen LogP contribution < -0.4 is 17.1 Å². The molecule has 1 heterocycles. The van der Waals surface area contributed by atoms with Crippen molar-refractivity contribution in [2.24, 2.45) is 0 Å². The fraction of sp³-hybridized carbons (Fsp3) is 0. The number of anilines is 1. The molecular formula is C6H7N3O3. The van der Waals surface area contributed by atoms with Crippen molar-refractivity contribution >= 4 is 11.8 Å². The first-order chi connectivity index (χ1) is 5.54. The molecule has 5 N–H and O–H groups in total. The van der Waals surface area contributed by atoms with Crippen LogP contribution in [0.3, 0.4) is 0 Å². The Morgan fingerprint density at radius 2 is 2.08 bits per heavy atom. The molecule has 0 aliphatic rings. The molecule has 0 radical (unpaired) electrons. The Labute approximate surface area is 67.0 Å². The normalized spacial score (nSPS) is 9.67. The highest BCUT2D eigenvalue weighted by Gasteiger charge is 2.10. The first kappa shape index (κ1) is 8.12. The monoisotopic (exact) mass is 169 g/mol. The Kier molecular flexibility index (Phi) is 1.74. The maximum absolute atomic E-state index is 10.8. The van der Waals surface area contributed by atoms with E-state index in [0.29, 0.717) is 4.68 Å². The predicted octanol–water partition coefficient (Wildman–Crippen LogP) is -1.16. The first-order valence-corrected chi connectivity index (χ1v) is 3.04. The van der Waals surface area contributed by atoms with Crippen LogP contribution in [0.15, 0.2) is 16.9 Å². The molecule has 12 heavy (non-hydrogen) atoms. The van der Waals surface area contributed by atoms with E-state index in [1.54, 1.807) is 0 Å². The summed E-state index contributed by atoms with van der Waals surface area (Å²) in [4.78, 5) is 21.2. The van der Waals surface area contributed by atoms with Crippen molar-refractivity contribution in [3.05, 3.63) is 28.0 Å². The number of hydrogen-bond acceptors (Lipinski definition) is 4. The van der Waals surface area contributed by atoms with E-state index in [1.807, 2.05) is 0 Å². The SMILES string of the molecule is Nc1c(C(=O)O)ccc(=O)n1N. The molecule has 0 saturated heterocycles. The minimum atomic E-state index is -1.22. The molecule has 0 aliphatic carbocycles.